The molecule has 2 aliphatic rings. The highest BCUT2D eigenvalue weighted by Crippen LogP contribution is 2.39. The maximum absolute atomic E-state index is 13.5. The molecule has 0 spiro atoms. The van der Waals surface area contributed by atoms with Crippen molar-refractivity contribution in [2.24, 2.45) is 0 Å². The first kappa shape index (κ1) is 21.2. The number of likely N-dealkylation sites (tertiary alicyclic amines) is 1. The Morgan fingerprint density at radius 2 is 1.68 bits per heavy atom. The van der Waals surface area contributed by atoms with E-state index < -0.39 is 23.5 Å². The normalized spacial score (nSPS) is 21.6. The van der Waals surface area contributed by atoms with Crippen LogP contribution < -0.4 is 0 Å². The van der Waals surface area contributed by atoms with E-state index in [0.717, 1.165) is 18.7 Å². The third kappa shape index (κ3) is 4.38. The third-order valence-corrected chi connectivity index (χ3v) is 5.81. The Hall–Kier alpha value is -3.03. The molecule has 7 heteroatoms. The van der Waals surface area contributed by atoms with Gasteiger partial charge in [-0.1, -0.05) is 42.0 Å². The summed E-state index contributed by atoms with van der Waals surface area (Å²) < 4.78 is 18.9. The van der Waals surface area contributed by atoms with Crippen LogP contribution in [0, 0.1) is 12.7 Å². The summed E-state index contributed by atoms with van der Waals surface area (Å²) in [5.74, 6) is -2.01. The molecular weight excluding hydrogens is 399 g/mol. The number of hydrogen-bond acceptors (Lipinski definition) is 5. The van der Waals surface area contributed by atoms with Gasteiger partial charge < -0.3 is 14.7 Å². The predicted octanol–water partition coefficient (Wildman–Crippen LogP) is 2.89. The lowest BCUT2D eigenvalue weighted by molar-refractivity contribution is -0.140. The summed E-state index contributed by atoms with van der Waals surface area (Å²) in [6, 6.07) is 12.0. The van der Waals surface area contributed by atoms with Crippen LogP contribution in [0.25, 0.3) is 5.76 Å². The number of aliphatic hydroxyl groups excluding tert-OH is 1. The lowest BCUT2D eigenvalue weighted by Gasteiger charge is -2.31. The van der Waals surface area contributed by atoms with E-state index in [4.69, 9.17) is 4.74 Å². The summed E-state index contributed by atoms with van der Waals surface area (Å²) in [5.41, 5.74) is 2.08. The summed E-state index contributed by atoms with van der Waals surface area (Å²) in [6.07, 6.45) is 0. The van der Waals surface area contributed by atoms with Gasteiger partial charge in [0.05, 0.1) is 24.8 Å². The van der Waals surface area contributed by atoms with Gasteiger partial charge in [0.1, 0.15) is 11.6 Å². The van der Waals surface area contributed by atoms with E-state index in [1.54, 1.807) is 24.3 Å². The van der Waals surface area contributed by atoms with E-state index >= 15 is 0 Å². The number of carbonyl (C=O) groups excluding carboxylic acids is 2. The highest BCUT2D eigenvalue weighted by atomic mass is 19.1. The fraction of sp³-hybridized carbons (Fsp3) is 0.333. The molecule has 1 atom stereocenters. The van der Waals surface area contributed by atoms with Crippen LogP contribution in [0.3, 0.4) is 0 Å². The number of benzene rings is 2. The zero-order chi connectivity index (χ0) is 22.0. The topological polar surface area (TPSA) is 70.1 Å². The van der Waals surface area contributed by atoms with Crippen molar-refractivity contribution < 1.29 is 23.8 Å². The van der Waals surface area contributed by atoms with Crippen molar-refractivity contribution in [1.29, 1.82) is 0 Å². The summed E-state index contributed by atoms with van der Waals surface area (Å²) in [6.45, 7) is 5.60. The van der Waals surface area contributed by atoms with Crippen LogP contribution in [0.5, 0.6) is 0 Å². The van der Waals surface area contributed by atoms with Crippen molar-refractivity contribution in [2.45, 2.75) is 13.0 Å². The molecule has 0 unspecified atom stereocenters. The van der Waals surface area contributed by atoms with E-state index in [1.165, 1.54) is 17.0 Å². The molecule has 31 heavy (non-hydrogen) atoms. The minimum atomic E-state index is -0.775. The van der Waals surface area contributed by atoms with Crippen LogP contribution in [0.4, 0.5) is 4.39 Å². The monoisotopic (exact) mass is 424 g/mol. The van der Waals surface area contributed by atoms with Crippen molar-refractivity contribution >= 4 is 17.4 Å². The number of morpholine rings is 1. The van der Waals surface area contributed by atoms with Crippen LogP contribution in [0.2, 0.25) is 0 Å². The molecule has 2 saturated heterocycles. The van der Waals surface area contributed by atoms with E-state index in [1.807, 2.05) is 19.1 Å². The number of rotatable bonds is 5. The fourth-order valence-corrected chi connectivity index (χ4v) is 4.04. The molecule has 2 fully saturated rings. The van der Waals surface area contributed by atoms with Crippen LogP contribution in [-0.2, 0) is 14.3 Å². The largest absolute Gasteiger partial charge is 0.507 e. The van der Waals surface area contributed by atoms with E-state index in [0.29, 0.717) is 37.4 Å². The van der Waals surface area contributed by atoms with E-state index in [2.05, 4.69) is 4.90 Å². The molecule has 2 aliphatic heterocycles. The first-order valence-electron chi connectivity index (χ1n) is 10.4. The number of ketones is 1. The van der Waals surface area contributed by atoms with Crippen molar-refractivity contribution in [3.63, 3.8) is 0 Å². The minimum absolute atomic E-state index is 0.0300. The van der Waals surface area contributed by atoms with Gasteiger partial charge in [-0.05, 0) is 24.6 Å². The first-order chi connectivity index (χ1) is 15.0. The van der Waals surface area contributed by atoms with Gasteiger partial charge in [-0.15, -0.1) is 0 Å². The average Bonchev–Trinajstić information content (AvgIpc) is 3.04. The van der Waals surface area contributed by atoms with Crippen LogP contribution in [-0.4, -0.2) is 66.0 Å². The van der Waals surface area contributed by atoms with Gasteiger partial charge in [0.15, 0.2) is 0 Å². The van der Waals surface area contributed by atoms with Crippen LogP contribution in [0.15, 0.2) is 54.1 Å². The average molecular weight is 424 g/mol. The summed E-state index contributed by atoms with van der Waals surface area (Å²) >= 11 is 0. The molecule has 0 aromatic heterocycles. The van der Waals surface area contributed by atoms with Crippen LogP contribution >= 0.6 is 0 Å². The van der Waals surface area contributed by atoms with Crippen molar-refractivity contribution in [3.05, 3.63) is 76.6 Å². The summed E-state index contributed by atoms with van der Waals surface area (Å²) in [4.78, 5) is 29.6. The molecule has 2 aromatic rings. The quantitative estimate of drug-likeness (QED) is 0.454. The lowest BCUT2D eigenvalue weighted by Crippen LogP contribution is -2.42. The van der Waals surface area contributed by atoms with Gasteiger partial charge in [-0.25, -0.2) is 4.39 Å². The Balaban J connectivity index is 1.72. The molecule has 0 bridgehead atoms. The highest BCUT2D eigenvalue weighted by molar-refractivity contribution is 6.46. The maximum Gasteiger partial charge on any atom is 0.295 e. The summed E-state index contributed by atoms with van der Waals surface area (Å²) in [5, 5.41) is 11.0. The number of ether oxygens (including phenoxy) is 1. The number of nitrogens with zero attached hydrogens (tertiary/aromatic N) is 2. The smallest absolute Gasteiger partial charge is 0.295 e. The molecule has 1 amide bonds. The third-order valence-electron chi connectivity index (χ3n) is 5.81. The standard InChI is InChI=1S/C24H25FN2O4/c1-16-2-4-18(5-3-16)22(28)20-21(17-6-8-19(25)9-7-17)27(24(30)23(20)29)11-10-26-12-14-31-15-13-26/h2-9,21,28H,10-15H2,1H3/b22-20+/t21-/m0/s1. The molecule has 6 nitrogen and oxygen atoms in total. The number of aliphatic hydroxyl groups is 1. The van der Waals surface area contributed by atoms with Gasteiger partial charge in [0, 0.05) is 31.7 Å². The van der Waals surface area contributed by atoms with E-state index in [-0.39, 0.29) is 11.3 Å². The number of Topliss-reactive ketones (excluding diaryl/α,β-unsaturated/α-hetero) is 1. The molecular formula is C24H25FN2O4. The first-order valence-corrected chi connectivity index (χ1v) is 10.4. The molecule has 0 radical (unpaired) electrons. The van der Waals surface area contributed by atoms with Crippen molar-refractivity contribution in [1.82, 2.24) is 9.80 Å². The zero-order valence-electron chi connectivity index (χ0n) is 17.4. The van der Waals surface area contributed by atoms with Crippen molar-refractivity contribution in [2.75, 3.05) is 39.4 Å². The molecule has 0 saturated carbocycles. The molecule has 0 aliphatic carbocycles. The second-order valence-electron chi connectivity index (χ2n) is 7.86. The van der Waals surface area contributed by atoms with Gasteiger partial charge in [-0.2, -0.15) is 0 Å². The van der Waals surface area contributed by atoms with Crippen LogP contribution in [0.1, 0.15) is 22.7 Å². The maximum atomic E-state index is 13.5. The summed E-state index contributed by atoms with van der Waals surface area (Å²) in [7, 11) is 0. The van der Waals surface area contributed by atoms with Gasteiger partial charge in [-0.3, -0.25) is 14.5 Å². The molecule has 4 rings (SSSR count). The second-order valence-corrected chi connectivity index (χ2v) is 7.86. The van der Waals surface area contributed by atoms with E-state index in [9.17, 15) is 19.1 Å². The van der Waals surface area contributed by atoms with Gasteiger partial charge in [0.25, 0.3) is 11.7 Å². The molecule has 1 N–H and O–H groups in total. The number of aryl methyl sites for hydroxylation is 1. The Kier molecular flexibility index (Phi) is 6.15. The number of carbonyl (C=O) groups is 2. The molecule has 2 heterocycles. The molecule has 2 aromatic carbocycles. The van der Waals surface area contributed by atoms with Gasteiger partial charge in [0.2, 0.25) is 0 Å². The zero-order valence-corrected chi connectivity index (χ0v) is 17.4. The minimum Gasteiger partial charge on any atom is -0.507 e. The van der Waals surface area contributed by atoms with Crippen molar-refractivity contribution in [3.8, 4) is 0 Å². The van der Waals surface area contributed by atoms with Gasteiger partial charge >= 0.3 is 0 Å². The SMILES string of the molecule is Cc1ccc(/C(O)=C2\C(=O)C(=O)N(CCN3CCOCC3)[C@H]2c2ccc(F)cc2)cc1. The Morgan fingerprint density at radius 3 is 2.32 bits per heavy atom. The second kappa shape index (κ2) is 8.99. The number of halogens is 1. The molecule has 162 valence electrons. The Morgan fingerprint density at radius 1 is 1.03 bits per heavy atom. The Labute approximate surface area is 180 Å². The number of hydrogen-bond donors (Lipinski definition) is 1. The highest BCUT2D eigenvalue weighted by Gasteiger charge is 2.46. The fourth-order valence-electron chi connectivity index (χ4n) is 4.04. The number of amides is 1. The Bertz CT molecular complexity index is 995. The predicted molar refractivity (Wildman–Crippen MR) is 114 cm³/mol. The lowest BCUT2D eigenvalue weighted by atomic mass is 9.95.